The van der Waals surface area contributed by atoms with Crippen LogP contribution in [0.3, 0.4) is 0 Å². The first-order valence-corrected chi connectivity index (χ1v) is 9.90. The first-order chi connectivity index (χ1) is 15.9. The van der Waals surface area contributed by atoms with E-state index >= 15 is 0 Å². The van der Waals surface area contributed by atoms with Crippen molar-refractivity contribution in [2.45, 2.75) is 32.0 Å². The molecule has 0 aliphatic carbocycles. The molecule has 1 aromatic carbocycles. The van der Waals surface area contributed by atoms with Gasteiger partial charge in [0.15, 0.2) is 11.8 Å². The number of amides is 1. The Morgan fingerprint density at radius 3 is 2.88 bits per heavy atom. The van der Waals surface area contributed by atoms with Crippen LogP contribution in [0.15, 0.2) is 18.1 Å². The van der Waals surface area contributed by atoms with Crippen LogP contribution in [-0.4, -0.2) is 53.1 Å². The number of halogens is 2. The number of aromatic nitrogens is 2. The Morgan fingerprint density at radius 1 is 1.36 bits per heavy atom. The number of alkyl halides is 2. The number of fused-ring (bicyclic) bond motifs is 5. The van der Waals surface area contributed by atoms with E-state index in [9.17, 15) is 18.4 Å². The lowest BCUT2D eigenvalue weighted by atomic mass is 10.1. The number of hydrogen-bond acceptors (Lipinski definition) is 10. The molecule has 0 bridgehead atoms. The van der Waals surface area contributed by atoms with Crippen LogP contribution in [0.1, 0.15) is 6.92 Å². The first-order valence-electron chi connectivity index (χ1n) is 9.90. The quantitative estimate of drug-likeness (QED) is 0.538. The molecular formula is C19H18F2N6O6. The number of carbonyl (C=O) groups is 1. The molecule has 14 heteroatoms. The van der Waals surface area contributed by atoms with Crippen LogP contribution in [0.2, 0.25) is 0 Å². The zero-order valence-corrected chi connectivity index (χ0v) is 17.1. The van der Waals surface area contributed by atoms with Gasteiger partial charge in [-0.15, -0.1) is 0 Å². The predicted octanol–water partition coefficient (Wildman–Crippen LogP) is 0.562. The van der Waals surface area contributed by atoms with Crippen molar-refractivity contribution in [3.05, 3.63) is 18.1 Å². The van der Waals surface area contributed by atoms with Gasteiger partial charge in [-0.2, -0.15) is 0 Å². The lowest BCUT2D eigenvalue weighted by molar-refractivity contribution is -0.118. The topological polar surface area (TPSA) is 142 Å². The van der Waals surface area contributed by atoms with Gasteiger partial charge in [-0.1, -0.05) is 0 Å². The molecule has 2 aromatic rings. The molecule has 5 rings (SSSR count). The zero-order valence-electron chi connectivity index (χ0n) is 17.1. The second-order valence-electron chi connectivity index (χ2n) is 7.47. The van der Waals surface area contributed by atoms with Crippen molar-refractivity contribution in [3.8, 4) is 28.6 Å². The summed E-state index contributed by atoms with van der Waals surface area (Å²) in [4.78, 5) is 39.1. The monoisotopic (exact) mass is 464 g/mol. The van der Waals surface area contributed by atoms with Crippen LogP contribution in [0, 0.1) is 0 Å². The molecule has 1 fully saturated rings. The lowest BCUT2D eigenvalue weighted by Gasteiger charge is -2.19. The highest BCUT2D eigenvalue weighted by molar-refractivity contribution is 5.87. The molecule has 174 valence electrons. The number of nitrogens with two attached hydrogens (primary N) is 1. The minimum absolute atomic E-state index is 0.0872. The molecule has 4 N–H and O–H groups in total. The van der Waals surface area contributed by atoms with Crippen molar-refractivity contribution < 1.29 is 37.5 Å². The summed E-state index contributed by atoms with van der Waals surface area (Å²) in [7, 11) is 0. The number of imidazole rings is 1. The second kappa shape index (κ2) is 7.83. The Balaban J connectivity index is 1.62. The number of benzene rings is 1. The van der Waals surface area contributed by atoms with Crippen LogP contribution in [0.5, 0.6) is 17.2 Å². The van der Waals surface area contributed by atoms with E-state index < -0.39 is 24.4 Å². The number of nitrogens with one attached hydrogen (secondary N) is 2. The predicted molar refractivity (Wildman–Crippen MR) is 107 cm³/mol. The van der Waals surface area contributed by atoms with Crippen molar-refractivity contribution in [2.75, 3.05) is 23.4 Å². The molecule has 2 atom stereocenters. The molecule has 0 saturated carbocycles. The van der Waals surface area contributed by atoms with Crippen molar-refractivity contribution in [1.29, 1.82) is 0 Å². The molecule has 1 amide bonds. The Bertz CT molecular complexity index is 1180. The molecule has 1 saturated heterocycles. The molecule has 3 aliphatic rings. The van der Waals surface area contributed by atoms with Crippen LogP contribution in [0.4, 0.5) is 20.3 Å². The average molecular weight is 464 g/mol. The maximum Gasteiger partial charge on any atom is 0.284 e. The summed E-state index contributed by atoms with van der Waals surface area (Å²) in [5.41, 5.74) is 8.42. The molecule has 4 heterocycles. The number of hydrogen-bond donors (Lipinski definition) is 3. The van der Waals surface area contributed by atoms with Crippen molar-refractivity contribution in [1.82, 2.24) is 15.2 Å². The van der Waals surface area contributed by atoms with Gasteiger partial charge in [0.25, 0.3) is 12.3 Å². The molecule has 3 aliphatic heterocycles. The van der Waals surface area contributed by atoms with Gasteiger partial charge < -0.3 is 34.8 Å². The summed E-state index contributed by atoms with van der Waals surface area (Å²) in [6.45, 7) is 1.76. The standard InChI is InChI=1S/C19H18F2N6O6/c1-8(18(22)29)23-9-4-11-14(16-15(9)32-25-33-16)19-24-12(5-26(19)2-3-30-11)27-10(17(20)21)7-31-13(27)6-28/h4-5,8,10,17,23,25H,2-3,7H2,1H3,(H2,22,29)/t8-,10-/m0/s1. The van der Waals surface area contributed by atoms with Crippen LogP contribution >= 0.6 is 0 Å². The fourth-order valence-electron chi connectivity index (χ4n) is 3.80. The number of primary amides is 1. The van der Waals surface area contributed by atoms with E-state index in [2.05, 4.69) is 15.9 Å². The highest BCUT2D eigenvalue weighted by Crippen LogP contribution is 2.51. The summed E-state index contributed by atoms with van der Waals surface area (Å²) in [5.74, 6) is 1.82. The summed E-state index contributed by atoms with van der Waals surface area (Å²) in [5, 5.41) is 2.94. The summed E-state index contributed by atoms with van der Waals surface area (Å²) < 4.78 is 39.7. The van der Waals surface area contributed by atoms with Crippen molar-refractivity contribution in [3.63, 3.8) is 0 Å². The normalized spacial score (nSPS) is 19.2. The smallest absolute Gasteiger partial charge is 0.284 e. The van der Waals surface area contributed by atoms with Gasteiger partial charge in [0.1, 0.15) is 42.4 Å². The van der Waals surface area contributed by atoms with E-state index in [1.165, 1.54) is 6.20 Å². The van der Waals surface area contributed by atoms with Gasteiger partial charge in [-0.3, -0.25) is 9.69 Å². The molecule has 0 spiro atoms. The number of ether oxygens (including phenoxy) is 2. The van der Waals surface area contributed by atoms with E-state index in [0.29, 0.717) is 29.4 Å². The molecule has 0 unspecified atom stereocenters. The lowest BCUT2D eigenvalue weighted by Crippen LogP contribution is -2.36. The molecule has 1 aromatic heterocycles. The minimum atomic E-state index is -2.78. The van der Waals surface area contributed by atoms with Crippen molar-refractivity contribution in [2.24, 2.45) is 5.73 Å². The Labute approximate surface area is 184 Å². The van der Waals surface area contributed by atoms with Gasteiger partial charge in [0.2, 0.25) is 17.4 Å². The number of rotatable bonds is 5. The Kier molecular flexibility index (Phi) is 4.95. The molecule has 12 nitrogen and oxygen atoms in total. The number of carbonyl (C=O) groups excluding carboxylic acids is 2. The van der Waals surface area contributed by atoms with E-state index in [1.54, 1.807) is 23.5 Å². The largest absolute Gasteiger partial charge is 0.491 e. The van der Waals surface area contributed by atoms with Crippen LogP contribution in [0.25, 0.3) is 11.4 Å². The van der Waals surface area contributed by atoms with Gasteiger partial charge in [-0.05, 0) is 6.92 Å². The highest BCUT2D eigenvalue weighted by Gasteiger charge is 2.41. The molecular weight excluding hydrogens is 446 g/mol. The fraction of sp³-hybridized carbons (Fsp3) is 0.368. The third kappa shape index (κ3) is 3.36. The van der Waals surface area contributed by atoms with Gasteiger partial charge in [0.05, 0.1) is 12.2 Å². The fourth-order valence-corrected chi connectivity index (χ4v) is 3.80. The Morgan fingerprint density at radius 2 is 2.15 bits per heavy atom. The van der Waals surface area contributed by atoms with Gasteiger partial charge in [0, 0.05) is 17.9 Å². The molecule has 0 radical (unpaired) electrons. The second-order valence-corrected chi connectivity index (χ2v) is 7.47. The summed E-state index contributed by atoms with van der Waals surface area (Å²) >= 11 is 0. The highest BCUT2D eigenvalue weighted by atomic mass is 19.3. The van der Waals surface area contributed by atoms with E-state index in [0.717, 1.165) is 4.90 Å². The van der Waals surface area contributed by atoms with Crippen molar-refractivity contribution >= 4 is 23.4 Å². The summed E-state index contributed by atoms with van der Waals surface area (Å²) in [6, 6.07) is -0.498. The summed E-state index contributed by atoms with van der Waals surface area (Å²) in [6.07, 6.45) is -1.26. The maximum absolute atomic E-state index is 13.6. The first kappa shape index (κ1) is 20.8. The SMILES string of the molecule is C[C@H](Nc1cc2c(c3c1ONO3)-c1nc(N3C(=C=O)OC[C@H]3C(F)F)cn1CCO2)C(N)=O. The zero-order chi connectivity index (χ0) is 23.3. The van der Waals surface area contributed by atoms with Crippen LogP contribution in [-0.2, 0) is 20.9 Å². The maximum atomic E-state index is 13.6. The number of nitrogens with zero attached hydrogens (tertiary/aromatic N) is 3. The third-order valence-corrected chi connectivity index (χ3v) is 5.43. The average Bonchev–Trinajstić information content (AvgIpc) is 3.50. The molecule has 33 heavy (non-hydrogen) atoms. The van der Waals surface area contributed by atoms with E-state index in [4.69, 9.17) is 24.9 Å². The Hall–Kier alpha value is -4.03. The van der Waals surface area contributed by atoms with Gasteiger partial charge >= 0.3 is 0 Å². The number of anilines is 2. The third-order valence-electron chi connectivity index (χ3n) is 5.43. The van der Waals surface area contributed by atoms with Gasteiger partial charge in [-0.25, -0.2) is 18.6 Å². The van der Waals surface area contributed by atoms with Crippen LogP contribution < -0.4 is 36.0 Å². The minimum Gasteiger partial charge on any atom is -0.491 e. The van der Waals surface area contributed by atoms with E-state index in [1.807, 2.05) is 0 Å². The van der Waals surface area contributed by atoms with E-state index in [-0.39, 0.29) is 36.4 Å².